The van der Waals surface area contributed by atoms with E-state index in [-0.39, 0.29) is 11.7 Å². The van der Waals surface area contributed by atoms with Crippen LogP contribution in [0.3, 0.4) is 0 Å². The van der Waals surface area contributed by atoms with Crippen molar-refractivity contribution in [2.24, 2.45) is 0 Å². The van der Waals surface area contributed by atoms with Crippen molar-refractivity contribution in [2.75, 3.05) is 12.8 Å². The molecule has 0 spiro atoms. The Bertz CT molecular complexity index is 373. The lowest BCUT2D eigenvalue weighted by Crippen LogP contribution is -2.19. The Labute approximate surface area is 99.6 Å². The van der Waals surface area contributed by atoms with Gasteiger partial charge in [0.15, 0.2) is 5.78 Å². The number of amides is 1. The highest BCUT2D eigenvalue weighted by molar-refractivity contribution is 8.00. The summed E-state index contributed by atoms with van der Waals surface area (Å²) in [5.74, 6) is 0.541. The highest BCUT2D eigenvalue weighted by Gasteiger charge is 2.03. The molecular formula is C12H15NO2S. The molecule has 0 radical (unpaired) electrons. The molecule has 0 fully saturated rings. The molecule has 0 saturated heterocycles. The summed E-state index contributed by atoms with van der Waals surface area (Å²) in [5.41, 5.74) is 0.729. The summed E-state index contributed by atoms with van der Waals surface area (Å²) >= 11 is 1.46. The van der Waals surface area contributed by atoms with Gasteiger partial charge in [0.1, 0.15) is 0 Å². The van der Waals surface area contributed by atoms with Gasteiger partial charge >= 0.3 is 0 Å². The zero-order chi connectivity index (χ0) is 12.0. The fourth-order valence-electron chi connectivity index (χ4n) is 1.16. The Kier molecular flexibility index (Phi) is 5.05. The van der Waals surface area contributed by atoms with Crippen LogP contribution in [0, 0.1) is 0 Å². The summed E-state index contributed by atoms with van der Waals surface area (Å²) in [6.45, 7) is 1.84. The van der Waals surface area contributed by atoms with E-state index in [2.05, 4.69) is 5.32 Å². The molecule has 0 unspecified atom stereocenters. The predicted octanol–water partition coefficient (Wildman–Crippen LogP) is 2.12. The topological polar surface area (TPSA) is 46.2 Å². The molecule has 0 bridgehead atoms. The van der Waals surface area contributed by atoms with E-state index >= 15 is 0 Å². The van der Waals surface area contributed by atoms with Gasteiger partial charge in [-0.1, -0.05) is 19.1 Å². The van der Waals surface area contributed by atoms with Crippen LogP contribution in [-0.4, -0.2) is 24.5 Å². The van der Waals surface area contributed by atoms with Crippen LogP contribution >= 0.6 is 11.8 Å². The van der Waals surface area contributed by atoms with Gasteiger partial charge in [0.25, 0.3) is 0 Å². The van der Waals surface area contributed by atoms with Gasteiger partial charge in [0.2, 0.25) is 5.91 Å². The van der Waals surface area contributed by atoms with Crippen LogP contribution in [0.15, 0.2) is 29.2 Å². The summed E-state index contributed by atoms with van der Waals surface area (Å²) in [7, 11) is 1.62. The third kappa shape index (κ3) is 3.70. The molecule has 1 amide bonds. The van der Waals surface area contributed by atoms with Gasteiger partial charge in [0.05, 0.1) is 5.75 Å². The number of carbonyl (C=O) groups excluding carboxylic acids is 2. The summed E-state index contributed by atoms with van der Waals surface area (Å²) in [6.07, 6.45) is 0.519. The average molecular weight is 237 g/mol. The van der Waals surface area contributed by atoms with Crippen LogP contribution in [0.5, 0.6) is 0 Å². The predicted molar refractivity (Wildman–Crippen MR) is 65.9 cm³/mol. The number of hydrogen-bond acceptors (Lipinski definition) is 3. The number of thioether (sulfide) groups is 1. The molecule has 1 N–H and O–H groups in total. The van der Waals surface area contributed by atoms with Crippen molar-refractivity contribution >= 4 is 23.5 Å². The van der Waals surface area contributed by atoms with Crippen molar-refractivity contribution < 1.29 is 9.59 Å². The van der Waals surface area contributed by atoms with Crippen LogP contribution in [-0.2, 0) is 4.79 Å². The quantitative estimate of drug-likeness (QED) is 0.630. The Morgan fingerprint density at radius 3 is 2.38 bits per heavy atom. The SMILES string of the molecule is CCC(=O)c1ccc(SCC(=O)NC)cc1. The largest absolute Gasteiger partial charge is 0.358 e. The molecule has 0 atom stereocenters. The number of rotatable bonds is 5. The molecule has 3 nitrogen and oxygen atoms in total. The number of carbonyl (C=O) groups is 2. The highest BCUT2D eigenvalue weighted by Crippen LogP contribution is 2.18. The normalized spacial score (nSPS) is 9.88. The molecule has 0 heterocycles. The third-order valence-electron chi connectivity index (χ3n) is 2.15. The van der Waals surface area contributed by atoms with Crippen LogP contribution in [0.2, 0.25) is 0 Å². The van der Waals surface area contributed by atoms with Gasteiger partial charge in [-0.25, -0.2) is 0 Å². The van der Waals surface area contributed by atoms with E-state index in [1.165, 1.54) is 11.8 Å². The summed E-state index contributed by atoms with van der Waals surface area (Å²) in [4.78, 5) is 23.4. The van der Waals surface area contributed by atoms with Crippen LogP contribution < -0.4 is 5.32 Å². The van der Waals surface area contributed by atoms with Crippen LogP contribution in [0.1, 0.15) is 23.7 Å². The van der Waals surface area contributed by atoms with Gasteiger partial charge in [-0.2, -0.15) is 0 Å². The number of Topliss-reactive ketones (excluding diaryl/α,β-unsaturated/α-hetero) is 1. The van der Waals surface area contributed by atoms with E-state index in [0.29, 0.717) is 12.2 Å². The molecule has 1 aromatic carbocycles. The van der Waals surface area contributed by atoms with Crippen molar-refractivity contribution in [3.05, 3.63) is 29.8 Å². The van der Waals surface area contributed by atoms with E-state index in [9.17, 15) is 9.59 Å². The summed E-state index contributed by atoms with van der Waals surface area (Å²) < 4.78 is 0. The van der Waals surface area contributed by atoms with E-state index < -0.39 is 0 Å². The monoisotopic (exact) mass is 237 g/mol. The average Bonchev–Trinajstić information content (AvgIpc) is 2.35. The van der Waals surface area contributed by atoms with E-state index in [1.807, 2.05) is 19.1 Å². The Morgan fingerprint density at radius 1 is 1.25 bits per heavy atom. The smallest absolute Gasteiger partial charge is 0.230 e. The first-order valence-electron chi connectivity index (χ1n) is 5.14. The highest BCUT2D eigenvalue weighted by atomic mass is 32.2. The standard InChI is InChI=1S/C12H15NO2S/c1-3-11(14)9-4-6-10(7-5-9)16-8-12(15)13-2/h4-7H,3,8H2,1-2H3,(H,13,15). The second kappa shape index (κ2) is 6.33. The lowest BCUT2D eigenvalue weighted by molar-refractivity contribution is -0.118. The fraction of sp³-hybridized carbons (Fsp3) is 0.333. The molecule has 0 saturated carbocycles. The Hall–Kier alpha value is -1.29. The first-order valence-corrected chi connectivity index (χ1v) is 6.12. The van der Waals surface area contributed by atoms with E-state index in [4.69, 9.17) is 0 Å². The number of nitrogens with one attached hydrogen (secondary N) is 1. The molecule has 0 aliphatic heterocycles. The van der Waals surface area contributed by atoms with Crippen molar-refractivity contribution in [1.82, 2.24) is 5.32 Å². The lowest BCUT2D eigenvalue weighted by Gasteiger charge is -2.02. The van der Waals surface area contributed by atoms with Gasteiger partial charge in [-0.15, -0.1) is 11.8 Å². The minimum atomic E-state index is -0.00119. The molecular weight excluding hydrogens is 222 g/mol. The number of hydrogen-bond donors (Lipinski definition) is 1. The molecule has 86 valence electrons. The zero-order valence-electron chi connectivity index (χ0n) is 9.45. The first kappa shape index (κ1) is 12.8. The maximum Gasteiger partial charge on any atom is 0.230 e. The molecule has 0 aliphatic carbocycles. The Morgan fingerprint density at radius 2 is 1.88 bits per heavy atom. The van der Waals surface area contributed by atoms with E-state index in [1.54, 1.807) is 19.2 Å². The number of ketones is 1. The molecule has 1 aromatic rings. The van der Waals surface area contributed by atoms with Gasteiger partial charge < -0.3 is 5.32 Å². The van der Waals surface area contributed by atoms with Crippen LogP contribution in [0.4, 0.5) is 0 Å². The fourth-order valence-corrected chi connectivity index (χ4v) is 1.93. The zero-order valence-corrected chi connectivity index (χ0v) is 10.3. The second-order valence-electron chi connectivity index (χ2n) is 3.26. The lowest BCUT2D eigenvalue weighted by atomic mass is 10.1. The van der Waals surface area contributed by atoms with Crippen LogP contribution in [0.25, 0.3) is 0 Å². The van der Waals surface area contributed by atoms with E-state index in [0.717, 1.165) is 10.5 Å². The minimum absolute atomic E-state index is 0.00119. The minimum Gasteiger partial charge on any atom is -0.358 e. The van der Waals surface area contributed by atoms with Gasteiger partial charge in [-0.05, 0) is 12.1 Å². The third-order valence-corrected chi connectivity index (χ3v) is 3.16. The van der Waals surface area contributed by atoms with Gasteiger partial charge in [-0.3, -0.25) is 9.59 Å². The first-order chi connectivity index (χ1) is 7.67. The van der Waals surface area contributed by atoms with Crippen molar-refractivity contribution in [3.8, 4) is 0 Å². The maximum atomic E-state index is 11.4. The molecule has 4 heteroatoms. The second-order valence-corrected chi connectivity index (χ2v) is 4.31. The van der Waals surface area contributed by atoms with Crippen molar-refractivity contribution in [3.63, 3.8) is 0 Å². The van der Waals surface area contributed by atoms with Gasteiger partial charge in [0, 0.05) is 23.9 Å². The number of benzene rings is 1. The molecule has 16 heavy (non-hydrogen) atoms. The Balaban J connectivity index is 2.58. The van der Waals surface area contributed by atoms with Crippen molar-refractivity contribution in [1.29, 1.82) is 0 Å². The molecule has 1 rings (SSSR count). The molecule has 0 aliphatic rings. The maximum absolute atomic E-state index is 11.4. The summed E-state index contributed by atoms with van der Waals surface area (Å²) in [6, 6.07) is 7.35. The molecule has 0 aromatic heterocycles. The van der Waals surface area contributed by atoms with Crippen molar-refractivity contribution in [2.45, 2.75) is 18.2 Å². The summed E-state index contributed by atoms with van der Waals surface area (Å²) in [5, 5.41) is 2.56.